The van der Waals surface area contributed by atoms with Gasteiger partial charge < -0.3 is 9.64 Å². The van der Waals surface area contributed by atoms with Crippen LogP contribution in [0.25, 0.3) is 0 Å². The molecule has 1 amide bonds. The molecule has 1 saturated heterocycles. The van der Waals surface area contributed by atoms with Crippen LogP contribution in [-0.2, 0) is 10.2 Å². The topological polar surface area (TPSA) is 29.5 Å². The summed E-state index contributed by atoms with van der Waals surface area (Å²) in [5.41, 5.74) is 0.911. The SMILES string of the molecule is CC(=O)N1CCC2(CC1)COc1cc(C(F)F)ccc12. The van der Waals surface area contributed by atoms with Gasteiger partial charge in [0, 0.05) is 36.6 Å². The zero-order chi connectivity index (χ0) is 14.3. The van der Waals surface area contributed by atoms with Crippen molar-refractivity contribution in [2.24, 2.45) is 0 Å². The van der Waals surface area contributed by atoms with Gasteiger partial charge in [-0.2, -0.15) is 0 Å². The van der Waals surface area contributed by atoms with E-state index in [2.05, 4.69) is 0 Å². The molecule has 108 valence electrons. The van der Waals surface area contributed by atoms with Gasteiger partial charge in [0.05, 0.1) is 6.61 Å². The van der Waals surface area contributed by atoms with E-state index in [1.807, 2.05) is 4.90 Å². The van der Waals surface area contributed by atoms with E-state index in [0.717, 1.165) is 18.4 Å². The van der Waals surface area contributed by atoms with E-state index >= 15 is 0 Å². The first kappa shape index (κ1) is 13.3. The van der Waals surface area contributed by atoms with Crippen LogP contribution in [0.5, 0.6) is 5.75 Å². The van der Waals surface area contributed by atoms with Gasteiger partial charge in [-0.05, 0) is 18.9 Å². The number of hydrogen-bond acceptors (Lipinski definition) is 2. The summed E-state index contributed by atoms with van der Waals surface area (Å²) in [5.74, 6) is 0.672. The smallest absolute Gasteiger partial charge is 0.263 e. The minimum Gasteiger partial charge on any atom is -0.492 e. The number of piperidine rings is 1. The summed E-state index contributed by atoms with van der Waals surface area (Å²) < 4.78 is 31.1. The van der Waals surface area contributed by atoms with E-state index in [4.69, 9.17) is 4.74 Å². The van der Waals surface area contributed by atoms with Crippen LogP contribution in [0.3, 0.4) is 0 Å². The fraction of sp³-hybridized carbons (Fsp3) is 0.533. The van der Waals surface area contributed by atoms with Crippen molar-refractivity contribution >= 4 is 5.91 Å². The Bertz CT molecular complexity index is 537. The summed E-state index contributed by atoms with van der Waals surface area (Å²) in [6, 6.07) is 4.70. The van der Waals surface area contributed by atoms with Crippen LogP contribution in [0.4, 0.5) is 8.78 Å². The van der Waals surface area contributed by atoms with Crippen molar-refractivity contribution in [1.82, 2.24) is 4.90 Å². The van der Waals surface area contributed by atoms with Crippen molar-refractivity contribution in [3.8, 4) is 5.75 Å². The molecule has 1 aromatic carbocycles. The number of nitrogens with zero attached hydrogens (tertiary/aromatic N) is 1. The maximum Gasteiger partial charge on any atom is 0.263 e. The van der Waals surface area contributed by atoms with Crippen LogP contribution in [-0.4, -0.2) is 30.5 Å². The number of fused-ring (bicyclic) bond motifs is 2. The number of amides is 1. The maximum absolute atomic E-state index is 12.7. The van der Waals surface area contributed by atoms with Crippen molar-refractivity contribution in [3.05, 3.63) is 29.3 Å². The second-order valence-electron chi connectivity index (χ2n) is 5.63. The molecule has 1 spiro atoms. The van der Waals surface area contributed by atoms with Gasteiger partial charge in [0.15, 0.2) is 0 Å². The van der Waals surface area contributed by atoms with Crippen LogP contribution in [0, 0.1) is 0 Å². The van der Waals surface area contributed by atoms with Crippen LogP contribution >= 0.6 is 0 Å². The third kappa shape index (κ3) is 2.05. The summed E-state index contributed by atoms with van der Waals surface area (Å²) in [4.78, 5) is 13.2. The first-order chi connectivity index (χ1) is 9.52. The minimum atomic E-state index is -2.47. The van der Waals surface area contributed by atoms with Gasteiger partial charge in [-0.1, -0.05) is 12.1 Å². The summed E-state index contributed by atoms with van der Waals surface area (Å²) in [6.07, 6.45) is -0.818. The second-order valence-corrected chi connectivity index (χ2v) is 5.63. The molecule has 0 N–H and O–H groups in total. The van der Waals surface area contributed by atoms with Crippen molar-refractivity contribution in [2.45, 2.75) is 31.6 Å². The van der Waals surface area contributed by atoms with Crippen LogP contribution in [0.1, 0.15) is 37.3 Å². The number of carbonyl (C=O) groups excluding carboxylic acids is 1. The quantitative estimate of drug-likeness (QED) is 0.792. The summed E-state index contributed by atoms with van der Waals surface area (Å²) in [7, 11) is 0. The van der Waals surface area contributed by atoms with Crippen molar-refractivity contribution in [2.75, 3.05) is 19.7 Å². The average Bonchev–Trinajstić information content (AvgIpc) is 2.78. The van der Waals surface area contributed by atoms with Crippen LogP contribution < -0.4 is 4.74 Å². The normalized spacial score (nSPS) is 20.1. The monoisotopic (exact) mass is 281 g/mol. The number of rotatable bonds is 1. The van der Waals surface area contributed by atoms with Gasteiger partial charge in [0.25, 0.3) is 6.43 Å². The number of ether oxygens (including phenoxy) is 1. The van der Waals surface area contributed by atoms with E-state index in [1.54, 1.807) is 13.0 Å². The van der Waals surface area contributed by atoms with Gasteiger partial charge in [-0.25, -0.2) is 8.78 Å². The Kier molecular flexibility index (Phi) is 3.15. The lowest BCUT2D eigenvalue weighted by Crippen LogP contribution is -2.45. The van der Waals surface area contributed by atoms with E-state index in [-0.39, 0.29) is 16.9 Å². The highest BCUT2D eigenvalue weighted by Gasteiger charge is 2.43. The molecule has 0 atom stereocenters. The molecular weight excluding hydrogens is 264 g/mol. The zero-order valence-electron chi connectivity index (χ0n) is 11.4. The maximum atomic E-state index is 12.7. The molecule has 0 radical (unpaired) electrons. The first-order valence-electron chi connectivity index (χ1n) is 6.83. The Hall–Kier alpha value is -1.65. The Balaban J connectivity index is 1.85. The molecular formula is C15H17F2NO2. The number of carbonyl (C=O) groups is 1. The molecule has 3 nitrogen and oxygen atoms in total. The molecule has 0 aliphatic carbocycles. The number of benzene rings is 1. The number of likely N-dealkylation sites (tertiary alicyclic amines) is 1. The molecule has 1 fully saturated rings. The average molecular weight is 281 g/mol. The minimum absolute atomic E-state index is 0.00183. The molecule has 2 aliphatic rings. The predicted octanol–water partition coefficient (Wildman–Crippen LogP) is 2.90. The molecule has 0 aromatic heterocycles. The number of hydrogen-bond donors (Lipinski definition) is 0. The first-order valence-corrected chi connectivity index (χ1v) is 6.83. The van der Waals surface area contributed by atoms with Crippen molar-refractivity contribution in [1.29, 1.82) is 0 Å². The highest BCUT2D eigenvalue weighted by atomic mass is 19.3. The van der Waals surface area contributed by atoms with Crippen LogP contribution in [0.2, 0.25) is 0 Å². The summed E-state index contributed by atoms with van der Waals surface area (Å²) >= 11 is 0. The predicted molar refractivity (Wildman–Crippen MR) is 70.1 cm³/mol. The molecule has 2 aliphatic heterocycles. The molecule has 1 aromatic rings. The van der Waals surface area contributed by atoms with Gasteiger partial charge in [0.2, 0.25) is 5.91 Å². The van der Waals surface area contributed by atoms with E-state index in [0.29, 0.717) is 25.4 Å². The molecule has 3 rings (SSSR count). The lowest BCUT2D eigenvalue weighted by Gasteiger charge is -2.38. The molecule has 5 heteroatoms. The van der Waals surface area contributed by atoms with E-state index in [9.17, 15) is 13.6 Å². The lowest BCUT2D eigenvalue weighted by atomic mass is 9.74. The molecule has 0 bridgehead atoms. The Morgan fingerprint density at radius 3 is 2.65 bits per heavy atom. The molecule has 0 saturated carbocycles. The van der Waals surface area contributed by atoms with Crippen molar-refractivity contribution < 1.29 is 18.3 Å². The summed E-state index contributed by atoms with van der Waals surface area (Å²) in [5, 5.41) is 0. The third-order valence-corrected chi connectivity index (χ3v) is 4.50. The number of alkyl halides is 2. The van der Waals surface area contributed by atoms with Gasteiger partial charge in [0.1, 0.15) is 5.75 Å². The Morgan fingerprint density at radius 2 is 2.05 bits per heavy atom. The highest BCUT2D eigenvalue weighted by molar-refractivity contribution is 5.73. The highest BCUT2D eigenvalue weighted by Crippen LogP contribution is 2.46. The van der Waals surface area contributed by atoms with E-state index < -0.39 is 6.43 Å². The van der Waals surface area contributed by atoms with E-state index in [1.165, 1.54) is 12.1 Å². The molecule has 20 heavy (non-hydrogen) atoms. The van der Waals surface area contributed by atoms with Gasteiger partial charge >= 0.3 is 0 Å². The van der Waals surface area contributed by atoms with Crippen molar-refractivity contribution in [3.63, 3.8) is 0 Å². The Labute approximate surface area is 116 Å². The lowest BCUT2D eigenvalue weighted by molar-refractivity contribution is -0.130. The third-order valence-electron chi connectivity index (χ3n) is 4.50. The van der Waals surface area contributed by atoms with Crippen LogP contribution in [0.15, 0.2) is 18.2 Å². The van der Waals surface area contributed by atoms with Gasteiger partial charge in [-0.3, -0.25) is 4.79 Å². The largest absolute Gasteiger partial charge is 0.492 e. The zero-order valence-corrected chi connectivity index (χ0v) is 11.4. The fourth-order valence-corrected chi connectivity index (χ4v) is 3.19. The summed E-state index contributed by atoms with van der Waals surface area (Å²) in [6.45, 7) is 3.51. The Morgan fingerprint density at radius 1 is 1.35 bits per heavy atom. The standard InChI is InChI=1S/C15H17F2NO2/c1-10(19)18-6-4-15(5-7-18)9-20-13-8-11(14(16)17)2-3-12(13)15/h2-3,8,14H,4-7,9H2,1H3. The number of halogens is 2. The molecule has 2 heterocycles. The molecule has 0 unspecified atom stereocenters. The van der Waals surface area contributed by atoms with Gasteiger partial charge in [-0.15, -0.1) is 0 Å². The fourth-order valence-electron chi connectivity index (χ4n) is 3.19. The second kappa shape index (κ2) is 4.72.